The number of primary amides is 1. The SMILES string of the molecule is NNC(=O)NS(=O)(=O)NNC(N)=O. The van der Waals surface area contributed by atoms with Crippen LogP contribution in [0.2, 0.25) is 0 Å². The summed E-state index contributed by atoms with van der Waals surface area (Å²) in [6.07, 6.45) is 0. The number of nitrogens with one attached hydrogen (secondary N) is 4. The maximum Gasteiger partial charge on any atom is 0.343 e. The summed E-state index contributed by atoms with van der Waals surface area (Å²) in [6.45, 7) is 0. The van der Waals surface area contributed by atoms with Gasteiger partial charge in [-0.3, -0.25) is 10.9 Å². The van der Waals surface area contributed by atoms with E-state index in [-0.39, 0.29) is 0 Å². The van der Waals surface area contributed by atoms with Crippen LogP contribution in [0.4, 0.5) is 9.59 Å². The molecule has 11 heteroatoms. The second-order valence-electron chi connectivity index (χ2n) is 1.67. The highest BCUT2D eigenvalue weighted by Gasteiger charge is 2.12. The Morgan fingerprint density at radius 3 is 2.15 bits per heavy atom. The lowest BCUT2D eigenvalue weighted by molar-refractivity contribution is 0.244. The van der Waals surface area contributed by atoms with Crippen molar-refractivity contribution in [2.24, 2.45) is 11.6 Å². The Morgan fingerprint density at radius 2 is 1.77 bits per heavy atom. The number of carbonyl (C=O) groups is 2. The third-order valence-electron chi connectivity index (χ3n) is 0.667. The lowest BCUT2D eigenvalue weighted by atomic mass is 11.2. The molecule has 0 aromatic carbocycles. The van der Waals surface area contributed by atoms with Gasteiger partial charge in [-0.15, -0.1) is 4.83 Å². The van der Waals surface area contributed by atoms with Crippen LogP contribution in [-0.2, 0) is 10.2 Å². The highest BCUT2D eigenvalue weighted by molar-refractivity contribution is 7.88. The molecule has 0 unspecified atom stereocenters. The highest BCUT2D eigenvalue weighted by atomic mass is 32.2. The first kappa shape index (κ1) is 11.4. The van der Waals surface area contributed by atoms with E-state index in [0.29, 0.717) is 0 Å². The molecule has 0 saturated carbocycles. The molecule has 0 heterocycles. The van der Waals surface area contributed by atoms with Crippen LogP contribution >= 0.6 is 0 Å². The third-order valence-corrected chi connectivity index (χ3v) is 1.49. The molecule has 0 rings (SSSR count). The summed E-state index contributed by atoms with van der Waals surface area (Å²) in [5.41, 5.74) is 7.56. The summed E-state index contributed by atoms with van der Waals surface area (Å²) >= 11 is 0. The molecule has 0 fully saturated rings. The van der Waals surface area contributed by atoms with Gasteiger partial charge in [0.15, 0.2) is 0 Å². The summed E-state index contributed by atoms with van der Waals surface area (Å²) in [7, 11) is -4.19. The Bertz CT molecular complexity index is 296. The molecule has 0 spiro atoms. The van der Waals surface area contributed by atoms with Crippen LogP contribution in [0.1, 0.15) is 0 Å². The summed E-state index contributed by atoms with van der Waals surface area (Å²) in [5.74, 6) is 4.57. The third kappa shape index (κ3) is 5.66. The number of rotatable bonds is 3. The maximum absolute atomic E-state index is 10.7. The van der Waals surface area contributed by atoms with Gasteiger partial charge >= 0.3 is 22.3 Å². The predicted octanol–water partition coefficient (Wildman–Crippen LogP) is -3.42. The number of nitrogens with two attached hydrogens (primary N) is 2. The van der Waals surface area contributed by atoms with E-state index in [1.807, 2.05) is 0 Å². The molecular formula is C2H8N6O4S. The molecule has 10 nitrogen and oxygen atoms in total. The zero-order valence-electron chi connectivity index (χ0n) is 6.20. The van der Waals surface area contributed by atoms with Gasteiger partial charge in [-0.2, -0.15) is 8.42 Å². The van der Waals surface area contributed by atoms with Gasteiger partial charge in [0.05, 0.1) is 0 Å². The summed E-state index contributed by atoms with van der Waals surface area (Å²) in [5, 5.41) is 0. The zero-order chi connectivity index (χ0) is 10.5. The average Bonchev–Trinajstić information content (AvgIpc) is 2.00. The minimum atomic E-state index is -4.19. The van der Waals surface area contributed by atoms with Gasteiger partial charge in [-0.05, 0) is 0 Å². The van der Waals surface area contributed by atoms with Crippen molar-refractivity contribution in [2.45, 2.75) is 0 Å². The number of hydrazine groups is 2. The second kappa shape index (κ2) is 4.44. The first-order valence-corrected chi connectivity index (χ1v) is 4.21. The lowest BCUT2D eigenvalue weighted by Gasteiger charge is -2.06. The molecule has 0 aliphatic carbocycles. The normalized spacial score (nSPS) is 10.2. The predicted molar refractivity (Wildman–Crippen MR) is 40.6 cm³/mol. The fourth-order valence-electron chi connectivity index (χ4n) is 0.294. The van der Waals surface area contributed by atoms with Crippen molar-refractivity contribution in [3.63, 3.8) is 0 Å². The van der Waals surface area contributed by atoms with E-state index in [1.165, 1.54) is 20.4 Å². The Morgan fingerprint density at radius 1 is 1.23 bits per heavy atom. The van der Waals surface area contributed by atoms with Crippen LogP contribution in [0.3, 0.4) is 0 Å². The van der Waals surface area contributed by atoms with Crippen LogP contribution < -0.4 is 32.0 Å². The van der Waals surface area contributed by atoms with Crippen molar-refractivity contribution >= 4 is 22.3 Å². The van der Waals surface area contributed by atoms with Gasteiger partial charge < -0.3 is 5.73 Å². The highest BCUT2D eigenvalue weighted by Crippen LogP contribution is 1.72. The topological polar surface area (TPSA) is 168 Å². The van der Waals surface area contributed by atoms with Crippen molar-refractivity contribution < 1.29 is 18.0 Å². The molecule has 4 amide bonds. The Labute approximate surface area is 73.1 Å². The second-order valence-corrected chi connectivity index (χ2v) is 3.09. The van der Waals surface area contributed by atoms with Crippen LogP contribution in [0, 0.1) is 0 Å². The van der Waals surface area contributed by atoms with Gasteiger partial charge in [0.25, 0.3) is 0 Å². The smallest absolute Gasteiger partial charge is 0.343 e. The van der Waals surface area contributed by atoms with Crippen molar-refractivity contribution in [1.82, 2.24) is 20.4 Å². The fraction of sp³-hybridized carbons (Fsp3) is 0. The molecule has 0 aliphatic heterocycles. The number of hydrogen-bond donors (Lipinski definition) is 6. The van der Waals surface area contributed by atoms with Gasteiger partial charge in [-0.1, -0.05) is 0 Å². The maximum atomic E-state index is 10.7. The first-order valence-electron chi connectivity index (χ1n) is 2.73. The Balaban J connectivity index is 4.10. The molecule has 0 aromatic heterocycles. The van der Waals surface area contributed by atoms with E-state index in [0.717, 1.165) is 0 Å². The van der Waals surface area contributed by atoms with Crippen LogP contribution in [0.25, 0.3) is 0 Å². The molecule has 0 aliphatic rings. The van der Waals surface area contributed by atoms with E-state index >= 15 is 0 Å². The molecular weight excluding hydrogens is 204 g/mol. The van der Waals surface area contributed by atoms with E-state index in [2.05, 4.69) is 11.6 Å². The van der Waals surface area contributed by atoms with E-state index < -0.39 is 22.3 Å². The van der Waals surface area contributed by atoms with Crippen molar-refractivity contribution in [3.05, 3.63) is 0 Å². The number of amides is 4. The van der Waals surface area contributed by atoms with Gasteiger partial charge in [0.2, 0.25) is 0 Å². The van der Waals surface area contributed by atoms with E-state index in [1.54, 1.807) is 0 Å². The van der Waals surface area contributed by atoms with Crippen LogP contribution in [0.5, 0.6) is 0 Å². The molecule has 0 atom stereocenters. The standard InChI is InChI=1S/C2H8N6O4S/c3-1(9)6-8-13(11,12)7-2(10)5-4/h8H,4H2,(H3,3,6,9)(H2,5,7,10). The fourth-order valence-corrected chi connectivity index (χ4v) is 0.883. The quantitative estimate of drug-likeness (QED) is 0.162. The molecule has 0 radical (unpaired) electrons. The Hall–Kier alpha value is -1.59. The minimum absolute atomic E-state index is 1.13. The number of hydrogen-bond acceptors (Lipinski definition) is 5. The molecule has 0 bridgehead atoms. The molecule has 0 aromatic rings. The summed E-state index contributed by atoms with van der Waals surface area (Å²) in [4.78, 5) is 21.8. The van der Waals surface area contributed by atoms with Crippen LogP contribution in [0.15, 0.2) is 0 Å². The molecule has 0 saturated heterocycles. The molecule has 8 N–H and O–H groups in total. The largest absolute Gasteiger partial charge is 0.351 e. The Kier molecular flexibility index (Phi) is 3.90. The average molecular weight is 212 g/mol. The van der Waals surface area contributed by atoms with Gasteiger partial charge in [0.1, 0.15) is 0 Å². The van der Waals surface area contributed by atoms with Crippen LogP contribution in [-0.4, -0.2) is 20.5 Å². The van der Waals surface area contributed by atoms with Gasteiger partial charge in [0, 0.05) is 0 Å². The lowest BCUT2D eigenvalue weighted by Crippen LogP contribution is -2.53. The van der Waals surface area contributed by atoms with Gasteiger partial charge in [-0.25, -0.2) is 20.2 Å². The zero-order valence-corrected chi connectivity index (χ0v) is 7.01. The van der Waals surface area contributed by atoms with Crippen molar-refractivity contribution in [1.29, 1.82) is 0 Å². The van der Waals surface area contributed by atoms with E-state index in [4.69, 9.17) is 0 Å². The van der Waals surface area contributed by atoms with Crippen molar-refractivity contribution in [2.75, 3.05) is 0 Å². The monoisotopic (exact) mass is 212 g/mol. The minimum Gasteiger partial charge on any atom is -0.351 e. The molecule has 76 valence electrons. The number of carbonyl (C=O) groups excluding carboxylic acids is 2. The number of urea groups is 2. The first-order chi connectivity index (χ1) is 5.87. The van der Waals surface area contributed by atoms with E-state index in [9.17, 15) is 18.0 Å². The molecule has 13 heavy (non-hydrogen) atoms. The summed E-state index contributed by atoms with van der Waals surface area (Å²) < 4.78 is 22.8. The summed E-state index contributed by atoms with van der Waals surface area (Å²) in [6, 6.07) is -2.29. The van der Waals surface area contributed by atoms with Crippen molar-refractivity contribution in [3.8, 4) is 0 Å².